The molecule has 0 fully saturated rings. The highest BCUT2D eigenvalue weighted by Gasteiger charge is 2.29. The lowest BCUT2D eigenvalue weighted by molar-refractivity contribution is 0.263. The lowest BCUT2D eigenvalue weighted by Crippen LogP contribution is -2.32. The molecule has 2 atom stereocenters. The Morgan fingerprint density at radius 3 is 1.83 bits per heavy atom. The highest BCUT2D eigenvalue weighted by Crippen LogP contribution is 2.38. The molecule has 2 N–H and O–H groups in total. The van der Waals surface area contributed by atoms with Gasteiger partial charge >= 0.3 is 0 Å². The van der Waals surface area contributed by atoms with Crippen molar-refractivity contribution in [3.63, 3.8) is 0 Å². The summed E-state index contributed by atoms with van der Waals surface area (Å²) in [6.45, 7) is 28.4. The standard InChI is InChI=1S/C28H45N/c1-19(2)26(20(3)4)27(21(5)6)22(7)13-11-12-14-24-15-17-25(18-16-24)23(8)28(9,10)29/h15-18,20-21,26-27H,1,7-8,11-14,29H2,2-6,9-10H3. The fraction of sp³-hybridized carbons (Fsp3) is 0.571. The van der Waals surface area contributed by atoms with Crippen molar-refractivity contribution in [2.24, 2.45) is 29.4 Å². The van der Waals surface area contributed by atoms with Crippen LogP contribution in [-0.2, 0) is 6.42 Å². The fourth-order valence-electron chi connectivity index (χ4n) is 4.52. The quantitative estimate of drug-likeness (QED) is 0.283. The molecule has 1 aromatic carbocycles. The van der Waals surface area contributed by atoms with Gasteiger partial charge < -0.3 is 5.73 Å². The largest absolute Gasteiger partial charge is 0.322 e. The maximum Gasteiger partial charge on any atom is 0.0352 e. The zero-order valence-corrected chi connectivity index (χ0v) is 20.1. The van der Waals surface area contributed by atoms with E-state index in [0.29, 0.717) is 23.7 Å². The van der Waals surface area contributed by atoms with E-state index in [9.17, 15) is 0 Å². The number of hydrogen-bond donors (Lipinski definition) is 1. The number of rotatable bonds is 12. The molecule has 1 heteroatoms. The number of allylic oxidation sites excluding steroid dienone is 2. The summed E-state index contributed by atoms with van der Waals surface area (Å²) >= 11 is 0. The SMILES string of the molecule is C=C(C)C(C(C)C)C(C(=C)CCCCc1ccc(C(=C)C(C)(C)N)cc1)C(C)C. The molecule has 0 heterocycles. The first-order chi connectivity index (χ1) is 13.4. The molecule has 0 aliphatic rings. The Balaban J connectivity index is 2.61. The van der Waals surface area contributed by atoms with Crippen LogP contribution >= 0.6 is 0 Å². The van der Waals surface area contributed by atoms with Gasteiger partial charge in [0.2, 0.25) is 0 Å². The van der Waals surface area contributed by atoms with Gasteiger partial charge in [0.1, 0.15) is 0 Å². The van der Waals surface area contributed by atoms with E-state index in [4.69, 9.17) is 5.73 Å². The molecule has 0 saturated carbocycles. The molecule has 1 aromatic rings. The number of nitrogens with two attached hydrogens (primary N) is 1. The Morgan fingerprint density at radius 1 is 0.897 bits per heavy atom. The van der Waals surface area contributed by atoms with Gasteiger partial charge in [-0.15, -0.1) is 0 Å². The molecule has 162 valence electrons. The van der Waals surface area contributed by atoms with Gasteiger partial charge in [0.25, 0.3) is 0 Å². The molecule has 0 radical (unpaired) electrons. The average molecular weight is 396 g/mol. The van der Waals surface area contributed by atoms with E-state index < -0.39 is 0 Å². The first-order valence-corrected chi connectivity index (χ1v) is 11.3. The summed E-state index contributed by atoms with van der Waals surface area (Å²) < 4.78 is 0. The van der Waals surface area contributed by atoms with Crippen LogP contribution in [0.1, 0.15) is 78.9 Å². The van der Waals surface area contributed by atoms with Crippen molar-refractivity contribution in [2.45, 2.75) is 79.7 Å². The van der Waals surface area contributed by atoms with Crippen LogP contribution in [0.5, 0.6) is 0 Å². The molecule has 0 bridgehead atoms. The Hall–Kier alpha value is -1.60. The summed E-state index contributed by atoms with van der Waals surface area (Å²) in [5.41, 5.74) is 12.0. The number of hydrogen-bond acceptors (Lipinski definition) is 1. The first kappa shape index (κ1) is 25.4. The molecule has 29 heavy (non-hydrogen) atoms. The van der Waals surface area contributed by atoms with Gasteiger partial charge in [0.05, 0.1) is 0 Å². The molecular weight excluding hydrogens is 350 g/mol. The summed E-state index contributed by atoms with van der Waals surface area (Å²) in [4.78, 5) is 0. The molecule has 0 aliphatic heterocycles. The smallest absolute Gasteiger partial charge is 0.0352 e. The van der Waals surface area contributed by atoms with Gasteiger partial charge in [-0.05, 0) is 86.8 Å². The Morgan fingerprint density at radius 2 is 1.41 bits per heavy atom. The highest BCUT2D eigenvalue weighted by atomic mass is 14.7. The predicted octanol–water partition coefficient (Wildman–Crippen LogP) is 7.83. The predicted molar refractivity (Wildman–Crippen MR) is 132 cm³/mol. The minimum absolute atomic E-state index is 0.382. The third kappa shape index (κ3) is 7.63. The normalized spacial score (nSPS) is 14.1. The van der Waals surface area contributed by atoms with Crippen molar-refractivity contribution in [3.05, 3.63) is 66.3 Å². The maximum atomic E-state index is 6.17. The Bertz CT molecular complexity index is 682. The van der Waals surface area contributed by atoms with Crippen LogP contribution in [0, 0.1) is 23.7 Å². The summed E-state index contributed by atoms with van der Waals surface area (Å²) in [5.74, 6) is 2.25. The topological polar surface area (TPSA) is 26.0 Å². The molecule has 0 spiro atoms. The van der Waals surface area contributed by atoms with E-state index in [1.807, 2.05) is 13.8 Å². The molecule has 0 aromatic heterocycles. The average Bonchev–Trinajstić information content (AvgIpc) is 2.61. The van der Waals surface area contributed by atoms with Crippen LogP contribution in [0.25, 0.3) is 5.57 Å². The van der Waals surface area contributed by atoms with Crippen LogP contribution in [0.2, 0.25) is 0 Å². The van der Waals surface area contributed by atoms with Gasteiger partial charge in [-0.25, -0.2) is 0 Å². The number of aryl methyl sites for hydroxylation is 1. The van der Waals surface area contributed by atoms with Crippen LogP contribution in [0.4, 0.5) is 0 Å². The van der Waals surface area contributed by atoms with Crippen LogP contribution in [-0.4, -0.2) is 5.54 Å². The summed E-state index contributed by atoms with van der Waals surface area (Å²) in [5, 5.41) is 0. The van der Waals surface area contributed by atoms with Gasteiger partial charge in [-0.3, -0.25) is 0 Å². The molecule has 0 saturated heterocycles. The van der Waals surface area contributed by atoms with Gasteiger partial charge in [0.15, 0.2) is 0 Å². The maximum absolute atomic E-state index is 6.17. The second kappa shape index (κ2) is 11.0. The van der Waals surface area contributed by atoms with Crippen molar-refractivity contribution >= 4 is 5.57 Å². The van der Waals surface area contributed by atoms with Crippen LogP contribution < -0.4 is 5.73 Å². The van der Waals surface area contributed by atoms with Crippen LogP contribution in [0.15, 0.2) is 55.1 Å². The van der Waals surface area contributed by atoms with Crippen molar-refractivity contribution in [1.82, 2.24) is 0 Å². The second-order valence-electron chi connectivity index (χ2n) is 10.1. The third-order valence-corrected chi connectivity index (χ3v) is 6.16. The highest BCUT2D eigenvalue weighted by molar-refractivity contribution is 5.70. The summed E-state index contributed by atoms with van der Waals surface area (Å²) in [6.07, 6.45) is 4.58. The van der Waals surface area contributed by atoms with E-state index in [0.717, 1.165) is 24.0 Å². The van der Waals surface area contributed by atoms with E-state index in [1.54, 1.807) is 0 Å². The minimum atomic E-state index is -0.382. The van der Waals surface area contributed by atoms with Gasteiger partial charge in [-0.1, -0.05) is 82.8 Å². The van der Waals surface area contributed by atoms with Gasteiger partial charge in [0, 0.05) is 5.54 Å². The van der Waals surface area contributed by atoms with Crippen molar-refractivity contribution in [1.29, 1.82) is 0 Å². The number of benzene rings is 1. The lowest BCUT2D eigenvalue weighted by atomic mass is 9.70. The monoisotopic (exact) mass is 395 g/mol. The summed E-state index contributed by atoms with van der Waals surface area (Å²) in [7, 11) is 0. The zero-order chi connectivity index (χ0) is 22.4. The van der Waals surface area contributed by atoms with Gasteiger partial charge in [-0.2, -0.15) is 0 Å². The van der Waals surface area contributed by atoms with E-state index in [1.165, 1.54) is 29.6 Å². The molecule has 1 nitrogen and oxygen atoms in total. The van der Waals surface area contributed by atoms with Crippen molar-refractivity contribution in [2.75, 3.05) is 0 Å². The minimum Gasteiger partial charge on any atom is -0.322 e. The van der Waals surface area contributed by atoms with E-state index >= 15 is 0 Å². The van der Waals surface area contributed by atoms with Crippen molar-refractivity contribution < 1.29 is 0 Å². The lowest BCUT2D eigenvalue weighted by Gasteiger charge is -2.35. The Kier molecular flexibility index (Phi) is 9.62. The molecular formula is C28H45N. The third-order valence-electron chi connectivity index (χ3n) is 6.16. The first-order valence-electron chi connectivity index (χ1n) is 11.3. The molecule has 1 rings (SSSR count). The van der Waals surface area contributed by atoms with Crippen molar-refractivity contribution in [3.8, 4) is 0 Å². The Labute approximate surface area is 181 Å². The molecule has 0 amide bonds. The fourth-order valence-corrected chi connectivity index (χ4v) is 4.52. The van der Waals surface area contributed by atoms with Crippen LogP contribution in [0.3, 0.4) is 0 Å². The second-order valence-corrected chi connectivity index (χ2v) is 10.1. The van der Waals surface area contributed by atoms with E-state index in [2.05, 4.69) is 78.6 Å². The molecule has 0 aliphatic carbocycles. The zero-order valence-electron chi connectivity index (χ0n) is 20.1. The summed E-state index contributed by atoms with van der Waals surface area (Å²) in [6, 6.07) is 8.74. The molecule has 2 unspecified atom stereocenters. The van der Waals surface area contributed by atoms with E-state index in [-0.39, 0.29) is 5.54 Å². The number of unbranched alkanes of at least 4 members (excludes halogenated alkanes) is 1.